The van der Waals surface area contributed by atoms with E-state index in [1.54, 1.807) is 52.3 Å². The van der Waals surface area contributed by atoms with Crippen molar-refractivity contribution in [1.82, 2.24) is 30.2 Å². The predicted molar refractivity (Wildman–Crippen MR) is 210 cm³/mol. The van der Waals surface area contributed by atoms with Crippen LogP contribution in [0.3, 0.4) is 0 Å². The number of H-pyrrole nitrogens is 1. The van der Waals surface area contributed by atoms with Crippen LogP contribution < -0.4 is 10.9 Å². The summed E-state index contributed by atoms with van der Waals surface area (Å²) in [5.41, 5.74) is 1.43. The molecule has 300 valence electrons. The van der Waals surface area contributed by atoms with Crippen LogP contribution in [0, 0.1) is 23.5 Å². The Hall–Kier alpha value is -5.01. The summed E-state index contributed by atoms with van der Waals surface area (Å²) >= 11 is 0. The number of nitrogens with zero attached hydrogens (tertiary/aromatic N) is 4. The molecule has 11 nitrogen and oxygen atoms in total. The van der Waals surface area contributed by atoms with Gasteiger partial charge in [-0.1, -0.05) is 61.7 Å². The molecule has 3 amide bonds. The van der Waals surface area contributed by atoms with E-state index < -0.39 is 29.8 Å². The smallest absolute Gasteiger partial charge is 0.272 e. The van der Waals surface area contributed by atoms with Crippen molar-refractivity contribution in [2.45, 2.75) is 82.4 Å². The van der Waals surface area contributed by atoms with E-state index in [2.05, 4.69) is 15.5 Å². The number of fused-ring (bicyclic) bond motifs is 1. The lowest BCUT2D eigenvalue weighted by molar-refractivity contribution is -0.138. The molecule has 2 unspecified atom stereocenters. The highest BCUT2D eigenvalue weighted by atomic mass is 19.1. The van der Waals surface area contributed by atoms with Crippen molar-refractivity contribution in [3.05, 3.63) is 111 Å². The molecule has 3 heterocycles. The monoisotopic (exact) mass is 780 g/mol. The summed E-state index contributed by atoms with van der Waals surface area (Å²) in [6.07, 6.45) is 6.78. The lowest BCUT2D eigenvalue weighted by Gasteiger charge is -2.39. The number of nitrogens with one attached hydrogen (secondary N) is 2. The number of benzene rings is 3. The van der Waals surface area contributed by atoms with Gasteiger partial charge in [0.25, 0.3) is 11.5 Å². The second kappa shape index (κ2) is 16.8. The first-order valence-corrected chi connectivity index (χ1v) is 20.5. The number of aliphatic hydroxyl groups excluding tert-OH is 1. The summed E-state index contributed by atoms with van der Waals surface area (Å²) in [6.45, 7) is 1.98. The SMILES string of the molecule is O=C(c1cc(Cc2n[nH]c(=O)c3ccccc23)ccc1F)N1CCN(C(=O)[C@H](NC(O)c2cccc(C3CCCN(C(=O)C4CC4)C3)c2F)C2CCCCC2)CC1. The molecule has 1 aromatic heterocycles. The van der Waals surface area contributed by atoms with E-state index in [0.717, 1.165) is 57.8 Å². The number of amides is 3. The van der Waals surface area contributed by atoms with E-state index in [1.165, 1.54) is 12.1 Å². The fraction of sp³-hybridized carbons (Fsp3) is 0.477. The van der Waals surface area contributed by atoms with E-state index >= 15 is 8.78 Å². The Balaban J connectivity index is 0.935. The van der Waals surface area contributed by atoms with Crippen LogP contribution in [-0.2, 0) is 16.0 Å². The van der Waals surface area contributed by atoms with Gasteiger partial charge in [-0.3, -0.25) is 24.5 Å². The Morgan fingerprint density at radius 1 is 0.825 bits per heavy atom. The number of halogens is 2. The summed E-state index contributed by atoms with van der Waals surface area (Å²) in [4.78, 5) is 58.2. The van der Waals surface area contributed by atoms with Crippen LogP contribution in [-0.4, -0.2) is 93.0 Å². The summed E-state index contributed by atoms with van der Waals surface area (Å²) in [5.74, 6) is -1.82. The molecule has 13 heteroatoms. The number of likely N-dealkylation sites (tertiary alicyclic amines) is 1. The molecule has 57 heavy (non-hydrogen) atoms. The van der Waals surface area contributed by atoms with E-state index in [9.17, 15) is 24.3 Å². The third kappa shape index (κ3) is 8.36. The topological polar surface area (TPSA) is 139 Å². The third-order valence-electron chi connectivity index (χ3n) is 12.5. The number of aliphatic hydroxyl groups is 1. The average molecular weight is 781 g/mol. The zero-order valence-electron chi connectivity index (χ0n) is 32.1. The summed E-state index contributed by atoms with van der Waals surface area (Å²) in [5, 5.41) is 22.6. The van der Waals surface area contributed by atoms with Crippen LogP contribution >= 0.6 is 0 Å². The maximum absolute atomic E-state index is 16.3. The number of piperazine rings is 1. The van der Waals surface area contributed by atoms with Gasteiger partial charge in [-0.05, 0) is 73.8 Å². The van der Waals surface area contributed by atoms with Gasteiger partial charge >= 0.3 is 0 Å². The van der Waals surface area contributed by atoms with Gasteiger partial charge in [0.05, 0.1) is 22.7 Å². The minimum absolute atomic E-state index is 0.0574. The zero-order valence-corrected chi connectivity index (χ0v) is 32.1. The first-order valence-electron chi connectivity index (χ1n) is 20.5. The Bertz CT molecular complexity index is 2200. The third-order valence-corrected chi connectivity index (χ3v) is 12.5. The largest absolute Gasteiger partial charge is 0.374 e. The summed E-state index contributed by atoms with van der Waals surface area (Å²) < 4.78 is 31.5. The maximum Gasteiger partial charge on any atom is 0.272 e. The predicted octanol–water partition coefficient (Wildman–Crippen LogP) is 5.42. The Kier molecular flexibility index (Phi) is 11.5. The molecule has 0 bridgehead atoms. The molecule has 0 radical (unpaired) electrons. The molecule has 2 aliphatic heterocycles. The number of carbonyl (C=O) groups is 3. The highest BCUT2D eigenvalue weighted by molar-refractivity contribution is 5.95. The number of piperidine rings is 1. The molecule has 4 aromatic rings. The highest BCUT2D eigenvalue weighted by Crippen LogP contribution is 2.36. The lowest BCUT2D eigenvalue weighted by Crippen LogP contribution is -2.57. The van der Waals surface area contributed by atoms with Gasteiger partial charge in [0.15, 0.2) is 0 Å². The van der Waals surface area contributed by atoms with Crippen LogP contribution in [0.15, 0.2) is 65.5 Å². The van der Waals surface area contributed by atoms with Crippen LogP contribution in [0.4, 0.5) is 8.78 Å². The zero-order chi connectivity index (χ0) is 39.6. The van der Waals surface area contributed by atoms with Gasteiger partial charge < -0.3 is 19.8 Å². The van der Waals surface area contributed by atoms with Crippen LogP contribution in [0.2, 0.25) is 0 Å². The number of hydrogen-bond acceptors (Lipinski definition) is 7. The summed E-state index contributed by atoms with van der Waals surface area (Å²) in [7, 11) is 0. The Morgan fingerprint density at radius 2 is 1.56 bits per heavy atom. The molecule has 2 saturated carbocycles. The number of aromatic amines is 1. The van der Waals surface area contributed by atoms with Gasteiger partial charge in [-0.15, -0.1) is 0 Å². The molecular formula is C44H50F2N6O5. The number of aromatic nitrogens is 2. The van der Waals surface area contributed by atoms with Gasteiger partial charge in [-0.2, -0.15) is 5.10 Å². The molecule has 2 saturated heterocycles. The van der Waals surface area contributed by atoms with Crippen LogP contribution in [0.25, 0.3) is 10.8 Å². The van der Waals surface area contributed by atoms with E-state index in [1.807, 2.05) is 11.0 Å². The van der Waals surface area contributed by atoms with Gasteiger partial charge in [-0.25, -0.2) is 13.9 Å². The summed E-state index contributed by atoms with van der Waals surface area (Å²) in [6, 6.07) is 15.7. The lowest BCUT2D eigenvalue weighted by atomic mass is 9.83. The first-order chi connectivity index (χ1) is 27.7. The van der Waals surface area contributed by atoms with Crippen LogP contribution in [0.5, 0.6) is 0 Å². The van der Waals surface area contributed by atoms with Gasteiger partial charge in [0.2, 0.25) is 11.8 Å². The molecule has 3 atom stereocenters. The number of hydrogen-bond donors (Lipinski definition) is 3. The van der Waals surface area contributed by atoms with E-state index in [4.69, 9.17) is 0 Å². The second-order valence-corrected chi connectivity index (χ2v) is 16.2. The van der Waals surface area contributed by atoms with Crippen molar-refractivity contribution in [1.29, 1.82) is 0 Å². The van der Waals surface area contributed by atoms with Gasteiger partial charge in [0.1, 0.15) is 17.9 Å². The second-order valence-electron chi connectivity index (χ2n) is 16.2. The van der Waals surface area contributed by atoms with Crippen molar-refractivity contribution in [2.24, 2.45) is 11.8 Å². The van der Waals surface area contributed by atoms with E-state index in [0.29, 0.717) is 40.7 Å². The van der Waals surface area contributed by atoms with Crippen molar-refractivity contribution in [3.63, 3.8) is 0 Å². The fourth-order valence-electron chi connectivity index (χ4n) is 9.09. The van der Waals surface area contributed by atoms with E-state index in [-0.39, 0.29) is 78.9 Å². The molecule has 4 aliphatic rings. The van der Waals surface area contributed by atoms with Crippen LogP contribution in [0.1, 0.15) is 103 Å². The van der Waals surface area contributed by atoms with Crippen molar-refractivity contribution < 1.29 is 28.3 Å². The molecule has 3 N–H and O–H groups in total. The number of rotatable bonds is 10. The van der Waals surface area contributed by atoms with Crippen molar-refractivity contribution >= 4 is 28.5 Å². The molecular weight excluding hydrogens is 731 g/mol. The number of carbonyl (C=O) groups excluding carboxylic acids is 3. The molecule has 8 rings (SSSR count). The fourth-order valence-corrected chi connectivity index (χ4v) is 9.09. The average Bonchev–Trinajstić information content (AvgIpc) is 4.10. The molecule has 0 spiro atoms. The Morgan fingerprint density at radius 3 is 2.32 bits per heavy atom. The van der Waals surface area contributed by atoms with Crippen molar-refractivity contribution in [2.75, 3.05) is 39.3 Å². The first kappa shape index (κ1) is 38.8. The Labute approximate surface area is 330 Å². The highest BCUT2D eigenvalue weighted by Gasteiger charge is 2.38. The quantitative estimate of drug-likeness (QED) is 0.183. The maximum atomic E-state index is 16.3. The minimum Gasteiger partial charge on any atom is -0.374 e. The molecule has 3 aromatic carbocycles. The normalized spacial score (nSPS) is 20.4. The standard InChI is InChI=1S/C44H50F2N6O5/c45-36-18-15-27(25-37-32-11-4-5-12-33(32)41(54)49-48-37)24-35(36)43(56)50-20-22-51(23-21-50)44(57)39(28-8-2-1-3-9-28)47-40(53)34-14-6-13-31(38(34)46)30-10-7-19-52(26-30)42(55)29-16-17-29/h4-6,11-15,18,24,28-30,39-40,47,53H,1-3,7-10,16-17,19-23,25-26H2,(H,49,54)/t30?,39-,40?/m1/s1. The van der Waals surface area contributed by atoms with Crippen molar-refractivity contribution in [3.8, 4) is 0 Å². The molecule has 4 fully saturated rings. The molecule has 2 aliphatic carbocycles. The van der Waals surface area contributed by atoms with Gasteiger partial charge in [0, 0.05) is 68.5 Å². The minimum atomic E-state index is -1.43.